The molecule has 1 aromatic carbocycles. The number of rotatable bonds is 3. The second-order valence-corrected chi connectivity index (χ2v) is 6.41. The molecule has 132 valence electrons. The number of fused-ring (bicyclic) bond motifs is 1. The van der Waals surface area contributed by atoms with E-state index in [2.05, 4.69) is 32.6 Å². The van der Waals surface area contributed by atoms with Gasteiger partial charge in [-0.15, -0.1) is 0 Å². The van der Waals surface area contributed by atoms with Gasteiger partial charge in [0.2, 0.25) is 5.95 Å². The van der Waals surface area contributed by atoms with Gasteiger partial charge in [0.25, 0.3) is 5.91 Å². The highest BCUT2D eigenvalue weighted by Gasteiger charge is 2.23. The van der Waals surface area contributed by atoms with Crippen molar-refractivity contribution >= 4 is 17.7 Å². The van der Waals surface area contributed by atoms with E-state index in [0.29, 0.717) is 42.0 Å². The fourth-order valence-electron chi connectivity index (χ4n) is 3.10. The van der Waals surface area contributed by atoms with Crippen molar-refractivity contribution in [3.8, 4) is 0 Å². The monoisotopic (exact) mass is 349 g/mol. The number of anilines is 2. The zero-order valence-electron chi connectivity index (χ0n) is 14.7. The van der Waals surface area contributed by atoms with Gasteiger partial charge >= 0.3 is 0 Å². The third-order valence-electron chi connectivity index (χ3n) is 4.36. The van der Waals surface area contributed by atoms with E-state index < -0.39 is 0 Å². The first kappa shape index (κ1) is 16.3. The standard InChI is InChI=1S/C19H19N5O2/c1-12-9-16(21-19(20-12)22-17-10-13(2)26-23-17)18(25)24-8-7-14-5-3-4-6-15(14)11-24/h3-6,9-10H,7-8,11H2,1-2H3,(H,20,21,22,23). The van der Waals surface area contributed by atoms with E-state index in [1.807, 2.05) is 24.0 Å². The second kappa shape index (κ2) is 6.59. The number of carbonyl (C=O) groups excluding carboxylic acids is 1. The van der Waals surface area contributed by atoms with E-state index in [1.165, 1.54) is 11.1 Å². The normalized spacial score (nSPS) is 13.4. The molecule has 7 heteroatoms. The van der Waals surface area contributed by atoms with Gasteiger partial charge < -0.3 is 14.7 Å². The summed E-state index contributed by atoms with van der Waals surface area (Å²) in [5.74, 6) is 1.44. The summed E-state index contributed by atoms with van der Waals surface area (Å²) in [5, 5.41) is 6.85. The molecule has 0 radical (unpaired) electrons. The summed E-state index contributed by atoms with van der Waals surface area (Å²) in [5.41, 5.74) is 3.58. The fourth-order valence-corrected chi connectivity index (χ4v) is 3.10. The Kier molecular flexibility index (Phi) is 4.12. The minimum absolute atomic E-state index is 0.0932. The van der Waals surface area contributed by atoms with Crippen molar-refractivity contribution in [3.63, 3.8) is 0 Å². The molecule has 0 saturated heterocycles. The topological polar surface area (TPSA) is 84.2 Å². The number of aromatic nitrogens is 3. The Morgan fingerprint density at radius 1 is 1.15 bits per heavy atom. The van der Waals surface area contributed by atoms with Crippen LogP contribution < -0.4 is 5.32 Å². The van der Waals surface area contributed by atoms with Crippen LogP contribution in [-0.4, -0.2) is 32.5 Å². The van der Waals surface area contributed by atoms with E-state index >= 15 is 0 Å². The van der Waals surface area contributed by atoms with Gasteiger partial charge in [0.05, 0.1) is 0 Å². The first-order chi connectivity index (χ1) is 12.6. The van der Waals surface area contributed by atoms with Crippen molar-refractivity contribution in [2.45, 2.75) is 26.8 Å². The maximum atomic E-state index is 12.9. The number of hydrogen-bond acceptors (Lipinski definition) is 6. The number of benzene rings is 1. The SMILES string of the molecule is Cc1cc(C(=O)N2CCc3ccccc3C2)nc(Nc2cc(C)on2)n1. The van der Waals surface area contributed by atoms with Crippen LogP contribution in [0.25, 0.3) is 0 Å². The van der Waals surface area contributed by atoms with Gasteiger partial charge in [-0.1, -0.05) is 29.4 Å². The van der Waals surface area contributed by atoms with Gasteiger partial charge in [-0.25, -0.2) is 9.97 Å². The van der Waals surface area contributed by atoms with E-state index in [0.717, 1.165) is 6.42 Å². The van der Waals surface area contributed by atoms with Crippen LogP contribution in [0.4, 0.5) is 11.8 Å². The molecule has 0 unspecified atom stereocenters. The third kappa shape index (κ3) is 3.28. The molecule has 3 heterocycles. The maximum absolute atomic E-state index is 12.9. The fraction of sp³-hybridized carbons (Fsp3) is 0.263. The molecular formula is C19H19N5O2. The number of aryl methyl sites for hydroxylation is 2. The lowest BCUT2D eigenvalue weighted by atomic mass is 10.00. The molecule has 7 nitrogen and oxygen atoms in total. The Morgan fingerprint density at radius 2 is 1.96 bits per heavy atom. The van der Waals surface area contributed by atoms with Crippen LogP contribution in [0.15, 0.2) is 40.9 Å². The Bertz CT molecular complexity index is 966. The molecule has 0 saturated carbocycles. The van der Waals surface area contributed by atoms with Crippen LogP contribution in [0.1, 0.15) is 33.1 Å². The average molecular weight is 349 g/mol. The molecule has 0 bridgehead atoms. The smallest absolute Gasteiger partial charge is 0.272 e. The van der Waals surface area contributed by atoms with Gasteiger partial charge in [-0.05, 0) is 37.5 Å². The minimum Gasteiger partial charge on any atom is -0.360 e. The van der Waals surface area contributed by atoms with Gasteiger partial charge in [-0.2, -0.15) is 0 Å². The molecule has 0 aliphatic carbocycles. The maximum Gasteiger partial charge on any atom is 0.272 e. The summed E-state index contributed by atoms with van der Waals surface area (Å²) in [4.78, 5) is 23.5. The first-order valence-corrected chi connectivity index (χ1v) is 8.50. The molecule has 0 fully saturated rings. The zero-order chi connectivity index (χ0) is 18.1. The zero-order valence-corrected chi connectivity index (χ0v) is 14.7. The Hall–Kier alpha value is -3.22. The molecule has 1 aliphatic rings. The molecule has 0 atom stereocenters. The van der Waals surface area contributed by atoms with Crippen molar-refractivity contribution in [2.24, 2.45) is 0 Å². The predicted octanol–water partition coefficient (Wildman–Crippen LogP) is 3.02. The van der Waals surface area contributed by atoms with Gasteiger partial charge in [0, 0.05) is 24.8 Å². The Morgan fingerprint density at radius 3 is 2.73 bits per heavy atom. The lowest BCUT2D eigenvalue weighted by molar-refractivity contribution is 0.0728. The van der Waals surface area contributed by atoms with E-state index in [9.17, 15) is 4.79 Å². The second-order valence-electron chi connectivity index (χ2n) is 6.41. The molecule has 0 spiro atoms. The highest BCUT2D eigenvalue weighted by atomic mass is 16.5. The summed E-state index contributed by atoms with van der Waals surface area (Å²) in [7, 11) is 0. The van der Waals surface area contributed by atoms with Gasteiger partial charge in [0.1, 0.15) is 11.5 Å². The third-order valence-corrected chi connectivity index (χ3v) is 4.36. The number of hydrogen-bond donors (Lipinski definition) is 1. The van der Waals surface area contributed by atoms with Crippen LogP contribution in [-0.2, 0) is 13.0 Å². The Labute approximate surface area is 151 Å². The number of amides is 1. The van der Waals surface area contributed by atoms with Crippen molar-refractivity contribution in [3.05, 3.63) is 64.7 Å². The molecule has 1 N–H and O–H groups in total. The van der Waals surface area contributed by atoms with Gasteiger partial charge in [-0.3, -0.25) is 4.79 Å². The highest BCUT2D eigenvalue weighted by molar-refractivity contribution is 5.93. The molecule has 1 amide bonds. The summed E-state index contributed by atoms with van der Waals surface area (Å²) < 4.78 is 5.03. The Balaban J connectivity index is 1.56. The molecule has 1 aliphatic heterocycles. The number of nitrogens with one attached hydrogen (secondary N) is 1. The van der Waals surface area contributed by atoms with E-state index in [4.69, 9.17) is 4.52 Å². The lowest BCUT2D eigenvalue weighted by Crippen LogP contribution is -2.36. The van der Waals surface area contributed by atoms with Crippen molar-refractivity contribution in [2.75, 3.05) is 11.9 Å². The molecule has 3 aromatic rings. The molecular weight excluding hydrogens is 330 g/mol. The minimum atomic E-state index is -0.0932. The van der Waals surface area contributed by atoms with Crippen molar-refractivity contribution in [1.82, 2.24) is 20.0 Å². The summed E-state index contributed by atoms with van der Waals surface area (Å²) in [6.45, 7) is 4.93. The highest BCUT2D eigenvalue weighted by Crippen LogP contribution is 2.21. The molecule has 2 aromatic heterocycles. The number of nitrogens with zero attached hydrogens (tertiary/aromatic N) is 4. The first-order valence-electron chi connectivity index (χ1n) is 8.50. The quantitative estimate of drug-likeness (QED) is 0.782. The van der Waals surface area contributed by atoms with E-state index in [-0.39, 0.29) is 5.91 Å². The predicted molar refractivity (Wildman–Crippen MR) is 96.2 cm³/mol. The van der Waals surface area contributed by atoms with Crippen LogP contribution in [0.5, 0.6) is 0 Å². The summed E-state index contributed by atoms with van der Waals surface area (Å²) >= 11 is 0. The summed E-state index contributed by atoms with van der Waals surface area (Å²) in [6, 6.07) is 11.7. The van der Waals surface area contributed by atoms with E-state index in [1.54, 1.807) is 19.1 Å². The number of carbonyl (C=O) groups is 1. The average Bonchev–Trinajstić information content (AvgIpc) is 3.05. The van der Waals surface area contributed by atoms with Crippen molar-refractivity contribution < 1.29 is 9.32 Å². The van der Waals surface area contributed by atoms with Gasteiger partial charge in [0.15, 0.2) is 5.82 Å². The lowest BCUT2D eigenvalue weighted by Gasteiger charge is -2.28. The van der Waals surface area contributed by atoms with Crippen LogP contribution in [0.3, 0.4) is 0 Å². The van der Waals surface area contributed by atoms with Crippen LogP contribution >= 0.6 is 0 Å². The largest absolute Gasteiger partial charge is 0.360 e. The van der Waals surface area contributed by atoms with Crippen molar-refractivity contribution in [1.29, 1.82) is 0 Å². The summed E-state index contributed by atoms with van der Waals surface area (Å²) in [6.07, 6.45) is 0.856. The van der Waals surface area contributed by atoms with Crippen LogP contribution in [0.2, 0.25) is 0 Å². The van der Waals surface area contributed by atoms with Crippen LogP contribution in [0, 0.1) is 13.8 Å². The molecule has 26 heavy (non-hydrogen) atoms. The molecule has 4 rings (SSSR count).